The van der Waals surface area contributed by atoms with Gasteiger partial charge in [0.05, 0.1) is 12.2 Å². The molecule has 2 aromatic rings. The summed E-state index contributed by atoms with van der Waals surface area (Å²) in [5, 5.41) is 7.67. The summed E-state index contributed by atoms with van der Waals surface area (Å²) in [4.78, 5) is 4.54. The Balaban J connectivity index is 1.93. The summed E-state index contributed by atoms with van der Waals surface area (Å²) < 4.78 is 9.16. The van der Waals surface area contributed by atoms with Gasteiger partial charge in [0.15, 0.2) is 0 Å². The van der Waals surface area contributed by atoms with E-state index in [1.165, 1.54) is 0 Å². The summed E-state index contributed by atoms with van der Waals surface area (Å²) in [6.45, 7) is 6.63. The second kappa shape index (κ2) is 7.09. The summed E-state index contributed by atoms with van der Waals surface area (Å²) in [6, 6.07) is 2.20. The molecule has 2 rings (SSSR count). The predicted octanol–water partition coefficient (Wildman–Crippen LogP) is 1.93. The Morgan fingerprint density at radius 2 is 2.30 bits per heavy atom. The first kappa shape index (κ1) is 14.6. The molecule has 0 saturated carbocycles. The molecule has 0 spiro atoms. The molecule has 1 N–H and O–H groups in total. The van der Waals surface area contributed by atoms with Crippen molar-refractivity contribution in [3.8, 4) is 0 Å². The molecule has 0 aliphatic carbocycles. The van der Waals surface area contributed by atoms with Crippen LogP contribution in [0.2, 0.25) is 0 Å². The second-order valence-corrected chi connectivity index (χ2v) is 5.02. The first-order valence-corrected chi connectivity index (χ1v) is 6.95. The number of nitrogens with zero attached hydrogens (tertiary/aromatic N) is 4. The molecule has 0 bridgehead atoms. The van der Waals surface area contributed by atoms with Gasteiger partial charge in [-0.1, -0.05) is 0 Å². The van der Waals surface area contributed by atoms with Crippen LogP contribution in [0.3, 0.4) is 0 Å². The van der Waals surface area contributed by atoms with Gasteiger partial charge in [-0.2, -0.15) is 5.10 Å². The zero-order chi connectivity index (χ0) is 14.4. The van der Waals surface area contributed by atoms with E-state index in [9.17, 15) is 0 Å². The molecule has 1 unspecified atom stereocenters. The van der Waals surface area contributed by atoms with Crippen LogP contribution < -0.4 is 5.32 Å². The van der Waals surface area contributed by atoms with E-state index in [1.807, 2.05) is 23.9 Å². The fourth-order valence-corrected chi connectivity index (χ4v) is 2.17. The third-order valence-electron chi connectivity index (χ3n) is 3.04. The number of hydrogen-bond donors (Lipinski definition) is 1. The van der Waals surface area contributed by atoms with E-state index in [0.717, 1.165) is 37.8 Å². The van der Waals surface area contributed by atoms with Gasteiger partial charge in [0.25, 0.3) is 0 Å². The summed E-state index contributed by atoms with van der Waals surface area (Å²) in [5.41, 5.74) is 1.02. The summed E-state index contributed by atoms with van der Waals surface area (Å²) in [5.74, 6) is 0.915. The van der Waals surface area contributed by atoms with Crippen molar-refractivity contribution in [3.05, 3.63) is 30.4 Å². The maximum atomic E-state index is 5.10. The van der Waals surface area contributed by atoms with Crippen molar-refractivity contribution in [2.45, 2.75) is 39.4 Å². The smallest absolute Gasteiger partial charge is 0.203 e. The monoisotopic (exact) mass is 277 g/mol. The minimum absolute atomic E-state index is 0.262. The van der Waals surface area contributed by atoms with Crippen LogP contribution in [0.15, 0.2) is 24.7 Å². The first-order valence-electron chi connectivity index (χ1n) is 6.95. The molecule has 6 nitrogen and oxygen atoms in total. The van der Waals surface area contributed by atoms with Crippen molar-refractivity contribution in [2.75, 3.05) is 19.0 Å². The number of nitrogens with one attached hydrogen (secondary N) is 1. The van der Waals surface area contributed by atoms with E-state index in [-0.39, 0.29) is 6.04 Å². The van der Waals surface area contributed by atoms with Gasteiger partial charge in [0, 0.05) is 44.9 Å². The molecular weight excluding hydrogens is 254 g/mol. The van der Waals surface area contributed by atoms with Crippen molar-refractivity contribution < 1.29 is 4.74 Å². The molecule has 0 saturated heterocycles. The van der Waals surface area contributed by atoms with Crippen LogP contribution in [0.5, 0.6) is 0 Å². The number of hydrogen-bond acceptors (Lipinski definition) is 4. The third kappa shape index (κ3) is 4.09. The van der Waals surface area contributed by atoms with Crippen LogP contribution in [-0.2, 0) is 17.8 Å². The molecule has 110 valence electrons. The Kier molecular flexibility index (Phi) is 5.17. The maximum absolute atomic E-state index is 5.10. The lowest BCUT2D eigenvalue weighted by Gasteiger charge is -2.16. The number of aryl methyl sites for hydroxylation is 2. The maximum Gasteiger partial charge on any atom is 0.203 e. The molecule has 0 radical (unpaired) electrons. The van der Waals surface area contributed by atoms with Crippen LogP contribution in [0.25, 0.3) is 0 Å². The van der Waals surface area contributed by atoms with Gasteiger partial charge in [0.1, 0.15) is 0 Å². The number of aromatic nitrogens is 4. The van der Waals surface area contributed by atoms with Gasteiger partial charge in [-0.05, 0) is 26.3 Å². The molecule has 0 aromatic carbocycles. The van der Waals surface area contributed by atoms with Crippen LogP contribution in [-0.4, -0.2) is 39.1 Å². The molecule has 2 aromatic heterocycles. The molecule has 0 amide bonds. The van der Waals surface area contributed by atoms with Gasteiger partial charge in [-0.3, -0.25) is 4.68 Å². The molecule has 2 heterocycles. The predicted molar refractivity (Wildman–Crippen MR) is 78.8 cm³/mol. The largest absolute Gasteiger partial charge is 0.385 e. The van der Waals surface area contributed by atoms with Crippen molar-refractivity contribution >= 4 is 5.95 Å². The van der Waals surface area contributed by atoms with E-state index in [1.54, 1.807) is 13.3 Å². The first-order chi connectivity index (χ1) is 9.69. The van der Waals surface area contributed by atoms with Gasteiger partial charge in [-0.25, -0.2) is 4.98 Å². The highest BCUT2D eigenvalue weighted by Gasteiger charge is 2.09. The molecule has 20 heavy (non-hydrogen) atoms. The van der Waals surface area contributed by atoms with E-state index in [2.05, 4.69) is 33.1 Å². The summed E-state index contributed by atoms with van der Waals surface area (Å²) >= 11 is 0. The minimum Gasteiger partial charge on any atom is -0.385 e. The van der Waals surface area contributed by atoms with E-state index in [4.69, 9.17) is 4.74 Å². The average Bonchev–Trinajstić information content (AvgIpc) is 3.00. The molecule has 1 atom stereocenters. The summed E-state index contributed by atoms with van der Waals surface area (Å²) in [7, 11) is 1.73. The van der Waals surface area contributed by atoms with Crippen LogP contribution in [0.1, 0.15) is 19.0 Å². The lowest BCUT2D eigenvalue weighted by atomic mass is 10.3. The number of methoxy groups -OCH3 is 1. The Bertz CT molecular complexity index is 506. The second-order valence-electron chi connectivity index (χ2n) is 5.02. The highest BCUT2D eigenvalue weighted by atomic mass is 16.5. The normalized spacial score (nSPS) is 12.6. The van der Waals surface area contributed by atoms with Crippen molar-refractivity contribution in [2.24, 2.45) is 0 Å². The third-order valence-corrected chi connectivity index (χ3v) is 3.04. The van der Waals surface area contributed by atoms with Crippen LogP contribution in [0.4, 0.5) is 5.95 Å². The topological polar surface area (TPSA) is 56.9 Å². The Labute approximate surface area is 119 Å². The number of anilines is 1. The molecule has 6 heteroatoms. The number of imidazole rings is 1. The molecular formula is C14H23N5O. The van der Waals surface area contributed by atoms with Crippen molar-refractivity contribution in [1.82, 2.24) is 19.3 Å². The standard InChI is InChI=1S/C14H23N5O/c1-12-10-18(7-5-9-20-3)14(16-12)17-13(2)11-19-8-4-6-15-19/h4,6,8,10,13H,5,7,9,11H2,1-3H3,(H,16,17). The minimum atomic E-state index is 0.262. The number of ether oxygens (including phenoxy) is 1. The molecule has 0 aliphatic rings. The van der Waals surface area contributed by atoms with E-state index >= 15 is 0 Å². The molecule has 0 aliphatic heterocycles. The Hall–Kier alpha value is -1.82. The van der Waals surface area contributed by atoms with Crippen LogP contribution in [0, 0.1) is 6.92 Å². The highest BCUT2D eigenvalue weighted by Crippen LogP contribution is 2.11. The Morgan fingerprint density at radius 1 is 1.45 bits per heavy atom. The Morgan fingerprint density at radius 3 is 3.00 bits per heavy atom. The van der Waals surface area contributed by atoms with Gasteiger partial charge < -0.3 is 14.6 Å². The lowest BCUT2D eigenvalue weighted by Crippen LogP contribution is -2.24. The van der Waals surface area contributed by atoms with Crippen LogP contribution >= 0.6 is 0 Å². The van der Waals surface area contributed by atoms with Crippen molar-refractivity contribution in [1.29, 1.82) is 0 Å². The fourth-order valence-electron chi connectivity index (χ4n) is 2.17. The quantitative estimate of drug-likeness (QED) is 0.749. The fraction of sp³-hybridized carbons (Fsp3) is 0.571. The van der Waals surface area contributed by atoms with E-state index in [0.29, 0.717) is 0 Å². The zero-order valence-electron chi connectivity index (χ0n) is 12.4. The van der Waals surface area contributed by atoms with Gasteiger partial charge in [-0.15, -0.1) is 0 Å². The van der Waals surface area contributed by atoms with Gasteiger partial charge in [0.2, 0.25) is 5.95 Å². The lowest BCUT2D eigenvalue weighted by molar-refractivity contribution is 0.190. The SMILES string of the molecule is COCCCn1cc(C)nc1NC(C)Cn1cccn1. The van der Waals surface area contributed by atoms with Crippen molar-refractivity contribution in [3.63, 3.8) is 0 Å². The van der Waals surface area contributed by atoms with E-state index < -0.39 is 0 Å². The zero-order valence-corrected chi connectivity index (χ0v) is 12.4. The van der Waals surface area contributed by atoms with Gasteiger partial charge >= 0.3 is 0 Å². The molecule has 0 fully saturated rings. The highest BCUT2D eigenvalue weighted by molar-refractivity contribution is 5.29. The number of rotatable bonds is 8. The summed E-state index contributed by atoms with van der Waals surface area (Å²) in [6.07, 6.45) is 6.81. The average molecular weight is 277 g/mol.